The first-order valence-electron chi connectivity index (χ1n) is 6.68. The van der Waals surface area contributed by atoms with E-state index in [1.165, 1.54) is 0 Å². The fraction of sp³-hybridized carbons (Fsp3) is 0.600. The monoisotopic (exact) mass is 265 g/mol. The number of nitrogens with one attached hydrogen (secondary N) is 1. The van der Waals surface area contributed by atoms with Crippen LogP contribution in [0.1, 0.15) is 31.1 Å². The van der Waals surface area contributed by atoms with Gasteiger partial charge in [0, 0.05) is 12.0 Å². The van der Waals surface area contributed by atoms with Crippen LogP contribution in [0.15, 0.2) is 12.1 Å². The van der Waals surface area contributed by atoms with Crippen LogP contribution in [-0.4, -0.2) is 31.9 Å². The molecular weight excluding hydrogens is 242 g/mol. The smallest absolute Gasteiger partial charge is 0.161 e. The summed E-state index contributed by atoms with van der Waals surface area (Å²) in [5.41, 5.74) is 1.69. The van der Waals surface area contributed by atoms with E-state index in [2.05, 4.69) is 5.32 Å². The molecule has 0 fully saturated rings. The lowest BCUT2D eigenvalue weighted by Crippen LogP contribution is -2.33. The summed E-state index contributed by atoms with van der Waals surface area (Å²) in [6, 6.07) is 3.86. The van der Waals surface area contributed by atoms with Crippen molar-refractivity contribution in [2.24, 2.45) is 5.41 Å². The van der Waals surface area contributed by atoms with Crippen molar-refractivity contribution in [3.8, 4) is 11.5 Å². The van der Waals surface area contributed by atoms with E-state index in [1.54, 1.807) is 0 Å². The molecule has 4 nitrogen and oxygen atoms in total. The molecule has 1 aliphatic heterocycles. The van der Waals surface area contributed by atoms with Gasteiger partial charge in [-0.2, -0.15) is 0 Å². The third kappa shape index (κ3) is 2.85. The van der Waals surface area contributed by atoms with Crippen LogP contribution >= 0.6 is 0 Å². The number of aliphatic hydroxyl groups is 1. The first kappa shape index (κ1) is 14.2. The summed E-state index contributed by atoms with van der Waals surface area (Å²) in [6.07, 6.45) is -0.546. The summed E-state index contributed by atoms with van der Waals surface area (Å²) in [5, 5.41) is 13.7. The highest BCUT2D eigenvalue weighted by molar-refractivity contribution is 5.48. The van der Waals surface area contributed by atoms with E-state index in [4.69, 9.17) is 9.47 Å². The molecule has 1 heterocycles. The van der Waals surface area contributed by atoms with E-state index in [9.17, 15) is 5.11 Å². The van der Waals surface area contributed by atoms with Gasteiger partial charge in [-0.15, -0.1) is 0 Å². The van der Waals surface area contributed by atoms with Gasteiger partial charge in [-0.1, -0.05) is 13.8 Å². The molecule has 1 atom stereocenters. The van der Waals surface area contributed by atoms with Gasteiger partial charge in [0.05, 0.1) is 6.10 Å². The van der Waals surface area contributed by atoms with Crippen LogP contribution in [0.25, 0.3) is 0 Å². The van der Waals surface area contributed by atoms with Crippen LogP contribution in [0, 0.1) is 12.3 Å². The maximum Gasteiger partial charge on any atom is 0.161 e. The minimum atomic E-state index is -0.546. The van der Waals surface area contributed by atoms with Crippen molar-refractivity contribution in [1.82, 2.24) is 5.32 Å². The Balaban J connectivity index is 2.34. The van der Waals surface area contributed by atoms with E-state index < -0.39 is 6.10 Å². The Bertz CT molecular complexity index is 457. The number of fused-ring (bicyclic) bond motifs is 1. The van der Waals surface area contributed by atoms with Gasteiger partial charge in [0.1, 0.15) is 13.2 Å². The Hall–Kier alpha value is -1.26. The van der Waals surface area contributed by atoms with Gasteiger partial charge < -0.3 is 19.9 Å². The molecular formula is C15H23NO3. The Kier molecular flexibility index (Phi) is 4.02. The molecule has 2 N–H and O–H groups in total. The fourth-order valence-electron chi connectivity index (χ4n) is 2.47. The summed E-state index contributed by atoms with van der Waals surface area (Å²) >= 11 is 0. The zero-order valence-electron chi connectivity index (χ0n) is 12.1. The summed E-state index contributed by atoms with van der Waals surface area (Å²) < 4.78 is 11.1. The normalized spacial score (nSPS) is 16.3. The number of ether oxygens (including phenoxy) is 2. The van der Waals surface area contributed by atoms with Gasteiger partial charge in [-0.3, -0.25) is 0 Å². The van der Waals surface area contributed by atoms with Crippen LogP contribution in [0.4, 0.5) is 0 Å². The summed E-state index contributed by atoms with van der Waals surface area (Å²) in [6.45, 7) is 7.97. The van der Waals surface area contributed by atoms with Gasteiger partial charge in [-0.25, -0.2) is 0 Å². The van der Waals surface area contributed by atoms with Crippen molar-refractivity contribution in [3.63, 3.8) is 0 Å². The van der Waals surface area contributed by atoms with E-state index in [0.29, 0.717) is 13.2 Å². The quantitative estimate of drug-likeness (QED) is 0.875. The topological polar surface area (TPSA) is 50.7 Å². The van der Waals surface area contributed by atoms with E-state index in [1.807, 2.05) is 40.0 Å². The van der Waals surface area contributed by atoms with Crippen LogP contribution in [0.2, 0.25) is 0 Å². The SMILES string of the molecule is CNCC(C)(C)C(O)c1cc2c(cc1C)OCCO2. The zero-order chi connectivity index (χ0) is 14.0. The molecule has 0 aliphatic carbocycles. The molecule has 19 heavy (non-hydrogen) atoms. The Morgan fingerprint density at radius 3 is 2.42 bits per heavy atom. The van der Waals surface area contributed by atoms with Crippen LogP contribution < -0.4 is 14.8 Å². The average molecular weight is 265 g/mol. The average Bonchev–Trinajstić information content (AvgIpc) is 2.37. The second-order valence-electron chi connectivity index (χ2n) is 5.77. The second kappa shape index (κ2) is 5.39. The highest BCUT2D eigenvalue weighted by Gasteiger charge is 2.30. The maximum absolute atomic E-state index is 10.6. The number of hydrogen-bond donors (Lipinski definition) is 2. The highest BCUT2D eigenvalue weighted by atomic mass is 16.6. The molecule has 0 spiro atoms. The van der Waals surface area contributed by atoms with Gasteiger partial charge in [-0.05, 0) is 37.2 Å². The Labute approximate surface area is 114 Å². The van der Waals surface area contributed by atoms with E-state index in [0.717, 1.165) is 29.2 Å². The van der Waals surface area contributed by atoms with Crippen molar-refractivity contribution in [1.29, 1.82) is 0 Å². The molecule has 2 rings (SSSR count). The third-order valence-electron chi connectivity index (χ3n) is 3.60. The first-order valence-corrected chi connectivity index (χ1v) is 6.68. The maximum atomic E-state index is 10.6. The van der Waals surface area contributed by atoms with Crippen molar-refractivity contribution >= 4 is 0 Å². The molecule has 1 aliphatic rings. The molecule has 0 amide bonds. The predicted octanol–water partition coefficient (Wildman–Crippen LogP) is 2.05. The van der Waals surface area contributed by atoms with Gasteiger partial charge >= 0.3 is 0 Å². The molecule has 0 bridgehead atoms. The van der Waals surface area contributed by atoms with E-state index in [-0.39, 0.29) is 5.41 Å². The van der Waals surface area contributed by atoms with E-state index >= 15 is 0 Å². The number of hydrogen-bond acceptors (Lipinski definition) is 4. The molecule has 4 heteroatoms. The lowest BCUT2D eigenvalue weighted by molar-refractivity contribution is 0.0495. The van der Waals surface area contributed by atoms with Crippen LogP contribution in [-0.2, 0) is 0 Å². The zero-order valence-corrected chi connectivity index (χ0v) is 12.1. The van der Waals surface area contributed by atoms with Crippen LogP contribution in [0.3, 0.4) is 0 Å². The fourth-order valence-corrected chi connectivity index (χ4v) is 2.47. The molecule has 1 unspecified atom stereocenters. The minimum absolute atomic E-state index is 0.247. The number of benzene rings is 1. The number of aliphatic hydroxyl groups excluding tert-OH is 1. The standard InChI is InChI=1S/C15H23NO3/c1-10-7-12-13(19-6-5-18-12)8-11(10)14(17)15(2,3)9-16-4/h7-8,14,16-17H,5-6,9H2,1-4H3. The first-order chi connectivity index (χ1) is 8.95. The lowest BCUT2D eigenvalue weighted by atomic mass is 9.81. The van der Waals surface area contributed by atoms with Crippen molar-refractivity contribution in [2.45, 2.75) is 26.9 Å². The Morgan fingerprint density at radius 1 is 1.26 bits per heavy atom. The molecule has 1 aromatic rings. The molecule has 0 aromatic heterocycles. The minimum Gasteiger partial charge on any atom is -0.486 e. The summed E-state index contributed by atoms with van der Waals surface area (Å²) in [7, 11) is 1.89. The molecule has 0 saturated carbocycles. The van der Waals surface area contributed by atoms with Crippen LogP contribution in [0.5, 0.6) is 11.5 Å². The lowest BCUT2D eigenvalue weighted by Gasteiger charge is -2.32. The van der Waals surface area contributed by atoms with Crippen molar-refractivity contribution < 1.29 is 14.6 Å². The molecule has 106 valence electrons. The number of aryl methyl sites for hydroxylation is 1. The van der Waals surface area contributed by atoms with Crippen molar-refractivity contribution in [2.75, 3.05) is 26.8 Å². The highest BCUT2D eigenvalue weighted by Crippen LogP contribution is 2.40. The summed E-state index contributed by atoms with van der Waals surface area (Å²) in [4.78, 5) is 0. The Morgan fingerprint density at radius 2 is 1.84 bits per heavy atom. The van der Waals surface area contributed by atoms with Crippen molar-refractivity contribution in [3.05, 3.63) is 23.3 Å². The largest absolute Gasteiger partial charge is 0.486 e. The molecule has 0 saturated heterocycles. The number of rotatable bonds is 4. The van der Waals surface area contributed by atoms with Gasteiger partial charge in [0.2, 0.25) is 0 Å². The molecule has 1 aromatic carbocycles. The van der Waals surface area contributed by atoms with Gasteiger partial charge in [0.25, 0.3) is 0 Å². The summed E-state index contributed by atoms with van der Waals surface area (Å²) in [5.74, 6) is 1.50. The third-order valence-corrected chi connectivity index (χ3v) is 3.60. The second-order valence-corrected chi connectivity index (χ2v) is 5.77. The predicted molar refractivity (Wildman–Crippen MR) is 74.8 cm³/mol. The van der Waals surface area contributed by atoms with Gasteiger partial charge in [0.15, 0.2) is 11.5 Å². The molecule has 0 radical (unpaired) electrons.